The second-order valence-electron chi connectivity index (χ2n) is 3.96. The number of thiol groups is 1. The molecule has 1 aliphatic rings. The van der Waals surface area contributed by atoms with Gasteiger partial charge in [0, 0.05) is 24.8 Å². The van der Waals surface area contributed by atoms with Crippen LogP contribution >= 0.6 is 12.6 Å². The van der Waals surface area contributed by atoms with Crippen LogP contribution in [0, 0.1) is 5.92 Å². The molecule has 1 unspecified atom stereocenters. The number of nitrogens with zero attached hydrogens (tertiary/aromatic N) is 2. The van der Waals surface area contributed by atoms with Gasteiger partial charge in [-0.05, 0) is 23.8 Å². The van der Waals surface area contributed by atoms with E-state index in [-0.39, 0.29) is 17.5 Å². The van der Waals surface area contributed by atoms with Crippen LogP contribution in [0.4, 0.5) is 5.69 Å². The Kier molecular flexibility index (Phi) is 3.33. The third-order valence-corrected chi connectivity index (χ3v) is 3.25. The number of hydrogen-bond acceptors (Lipinski definition) is 4. The zero-order valence-electron chi connectivity index (χ0n) is 9.04. The van der Waals surface area contributed by atoms with Crippen molar-refractivity contribution in [2.75, 3.05) is 17.2 Å². The Morgan fingerprint density at radius 2 is 2.41 bits per heavy atom. The fourth-order valence-electron chi connectivity index (χ4n) is 1.86. The minimum Gasteiger partial charge on any atom is -0.477 e. The van der Waals surface area contributed by atoms with Crippen LogP contribution in [0.2, 0.25) is 0 Å². The molecule has 90 valence electrons. The van der Waals surface area contributed by atoms with Gasteiger partial charge in [0.05, 0.1) is 0 Å². The second kappa shape index (κ2) is 4.75. The van der Waals surface area contributed by atoms with Crippen molar-refractivity contribution in [3.05, 3.63) is 24.0 Å². The van der Waals surface area contributed by atoms with Gasteiger partial charge in [-0.1, -0.05) is 0 Å². The van der Waals surface area contributed by atoms with Gasteiger partial charge in [0.1, 0.15) is 5.69 Å². The molecule has 5 nitrogen and oxygen atoms in total. The van der Waals surface area contributed by atoms with Crippen LogP contribution in [0.1, 0.15) is 16.9 Å². The number of pyridine rings is 1. The van der Waals surface area contributed by atoms with E-state index in [0.29, 0.717) is 24.4 Å². The minimum atomic E-state index is -1.09. The van der Waals surface area contributed by atoms with E-state index in [1.807, 2.05) is 0 Å². The van der Waals surface area contributed by atoms with Gasteiger partial charge in [0.25, 0.3) is 0 Å². The summed E-state index contributed by atoms with van der Waals surface area (Å²) < 4.78 is 0. The molecule has 2 heterocycles. The van der Waals surface area contributed by atoms with E-state index in [1.165, 1.54) is 12.3 Å². The maximum Gasteiger partial charge on any atom is 0.354 e. The maximum atomic E-state index is 11.7. The number of amides is 1. The number of aromatic carboxylic acids is 1. The van der Waals surface area contributed by atoms with E-state index >= 15 is 0 Å². The minimum absolute atomic E-state index is 0.00610. The van der Waals surface area contributed by atoms with Gasteiger partial charge >= 0.3 is 5.97 Å². The number of anilines is 1. The van der Waals surface area contributed by atoms with E-state index in [1.54, 1.807) is 11.0 Å². The third-order valence-electron chi connectivity index (χ3n) is 2.74. The molecule has 1 atom stereocenters. The van der Waals surface area contributed by atoms with Crippen LogP contribution < -0.4 is 4.90 Å². The molecule has 1 N–H and O–H groups in total. The molecule has 2 rings (SSSR count). The molecule has 0 aromatic carbocycles. The summed E-state index contributed by atoms with van der Waals surface area (Å²) in [5.41, 5.74) is 0.538. The van der Waals surface area contributed by atoms with Crippen LogP contribution in [0.3, 0.4) is 0 Å². The third kappa shape index (κ3) is 2.41. The first kappa shape index (κ1) is 11.9. The average molecular weight is 252 g/mol. The van der Waals surface area contributed by atoms with Crippen LogP contribution in [-0.2, 0) is 4.79 Å². The lowest BCUT2D eigenvalue weighted by Crippen LogP contribution is -2.25. The van der Waals surface area contributed by atoms with Crippen LogP contribution in [0.15, 0.2) is 18.3 Å². The molecule has 1 aliphatic heterocycles. The highest BCUT2D eigenvalue weighted by Gasteiger charge is 2.29. The van der Waals surface area contributed by atoms with Crippen molar-refractivity contribution in [3.63, 3.8) is 0 Å². The normalized spacial score (nSPS) is 19.7. The molecule has 1 aromatic rings. The lowest BCUT2D eigenvalue weighted by atomic mass is 10.1. The molecule has 1 aromatic heterocycles. The molecule has 1 amide bonds. The Balaban J connectivity index is 2.25. The monoisotopic (exact) mass is 252 g/mol. The Morgan fingerprint density at radius 3 is 3.00 bits per heavy atom. The molecule has 6 heteroatoms. The number of rotatable bonds is 3. The van der Waals surface area contributed by atoms with E-state index < -0.39 is 5.97 Å². The largest absolute Gasteiger partial charge is 0.477 e. The van der Waals surface area contributed by atoms with E-state index in [9.17, 15) is 9.59 Å². The molecular weight excluding hydrogens is 240 g/mol. The average Bonchev–Trinajstić information content (AvgIpc) is 2.71. The van der Waals surface area contributed by atoms with E-state index in [4.69, 9.17) is 5.11 Å². The lowest BCUT2D eigenvalue weighted by molar-refractivity contribution is -0.117. The van der Waals surface area contributed by atoms with Crippen molar-refractivity contribution in [2.24, 2.45) is 5.92 Å². The molecule has 1 saturated heterocycles. The summed E-state index contributed by atoms with van der Waals surface area (Å²) in [6.07, 6.45) is 1.87. The number of aromatic nitrogens is 1. The highest BCUT2D eigenvalue weighted by molar-refractivity contribution is 7.80. The Morgan fingerprint density at radius 1 is 1.65 bits per heavy atom. The number of carboxylic acid groups (broad SMARTS) is 1. The highest BCUT2D eigenvalue weighted by Crippen LogP contribution is 2.25. The Labute approximate surface area is 104 Å². The number of carboxylic acids is 1. The molecular formula is C11H12N2O3S. The standard InChI is InChI=1S/C11H12N2O3S/c14-10-3-7(6-17)5-13(10)8-1-2-12-9(4-8)11(15)16/h1-2,4,7,17H,3,5-6H2,(H,15,16). The van der Waals surface area contributed by atoms with E-state index in [0.717, 1.165) is 0 Å². The van der Waals surface area contributed by atoms with Crippen LogP contribution in [0.25, 0.3) is 0 Å². The first-order valence-corrected chi connectivity index (χ1v) is 5.85. The number of hydrogen-bond donors (Lipinski definition) is 2. The van der Waals surface area contributed by atoms with Gasteiger partial charge in [-0.2, -0.15) is 12.6 Å². The Bertz CT molecular complexity index is 464. The van der Waals surface area contributed by atoms with Gasteiger partial charge in [-0.25, -0.2) is 9.78 Å². The number of carbonyl (C=O) groups excluding carboxylic acids is 1. The van der Waals surface area contributed by atoms with Crippen molar-refractivity contribution in [3.8, 4) is 0 Å². The predicted molar refractivity (Wildman–Crippen MR) is 65.5 cm³/mol. The highest BCUT2D eigenvalue weighted by atomic mass is 32.1. The van der Waals surface area contributed by atoms with Crippen molar-refractivity contribution in [2.45, 2.75) is 6.42 Å². The van der Waals surface area contributed by atoms with Crippen molar-refractivity contribution < 1.29 is 14.7 Å². The summed E-state index contributed by atoms with van der Waals surface area (Å²) in [6.45, 7) is 0.589. The zero-order chi connectivity index (χ0) is 12.4. The summed E-state index contributed by atoms with van der Waals surface area (Å²) >= 11 is 4.18. The maximum absolute atomic E-state index is 11.7. The fourth-order valence-corrected chi connectivity index (χ4v) is 2.10. The van der Waals surface area contributed by atoms with Crippen molar-refractivity contribution >= 4 is 30.2 Å². The first-order chi connectivity index (χ1) is 8.11. The molecule has 17 heavy (non-hydrogen) atoms. The Hall–Kier alpha value is -1.56. The molecule has 0 spiro atoms. The van der Waals surface area contributed by atoms with Crippen LogP contribution in [0.5, 0.6) is 0 Å². The van der Waals surface area contributed by atoms with Gasteiger partial charge in [-0.15, -0.1) is 0 Å². The molecule has 0 aliphatic carbocycles. The summed E-state index contributed by atoms with van der Waals surface area (Å²) in [6, 6.07) is 3.06. The van der Waals surface area contributed by atoms with Gasteiger partial charge in [-0.3, -0.25) is 4.79 Å². The fraction of sp³-hybridized carbons (Fsp3) is 0.364. The van der Waals surface area contributed by atoms with Gasteiger partial charge in [0.2, 0.25) is 5.91 Å². The van der Waals surface area contributed by atoms with Crippen LogP contribution in [-0.4, -0.2) is 34.3 Å². The summed E-state index contributed by atoms with van der Waals surface area (Å²) in [5.74, 6) is -0.206. The van der Waals surface area contributed by atoms with E-state index in [2.05, 4.69) is 17.6 Å². The van der Waals surface area contributed by atoms with Gasteiger partial charge < -0.3 is 10.0 Å². The summed E-state index contributed by atoms with van der Waals surface area (Å²) in [5, 5.41) is 8.84. The molecule has 0 bridgehead atoms. The summed E-state index contributed by atoms with van der Waals surface area (Å²) in [7, 11) is 0. The zero-order valence-corrected chi connectivity index (χ0v) is 9.93. The van der Waals surface area contributed by atoms with Gasteiger partial charge in [0.15, 0.2) is 0 Å². The smallest absolute Gasteiger partial charge is 0.354 e. The topological polar surface area (TPSA) is 70.5 Å². The molecule has 0 saturated carbocycles. The van der Waals surface area contributed by atoms with Crippen molar-refractivity contribution in [1.29, 1.82) is 0 Å². The lowest BCUT2D eigenvalue weighted by Gasteiger charge is -2.16. The summed E-state index contributed by atoms with van der Waals surface area (Å²) in [4.78, 5) is 27.9. The predicted octanol–water partition coefficient (Wildman–Crippen LogP) is 1.06. The second-order valence-corrected chi connectivity index (χ2v) is 4.33. The molecule has 0 radical (unpaired) electrons. The quantitative estimate of drug-likeness (QED) is 0.789. The SMILES string of the molecule is O=C(O)c1cc(N2CC(CS)CC2=O)ccn1. The first-order valence-electron chi connectivity index (χ1n) is 5.22. The molecule has 1 fully saturated rings. The number of carbonyl (C=O) groups is 2. The van der Waals surface area contributed by atoms with Crippen molar-refractivity contribution in [1.82, 2.24) is 4.98 Å².